The second-order valence-electron chi connectivity index (χ2n) is 5.38. The van der Waals surface area contributed by atoms with E-state index in [1.165, 1.54) is 6.07 Å². The number of nitrogens with one attached hydrogen (secondary N) is 1. The summed E-state index contributed by atoms with van der Waals surface area (Å²) in [6, 6.07) is 12.6. The zero-order valence-electron chi connectivity index (χ0n) is 13.1. The molecule has 1 N–H and O–H groups in total. The first-order valence-corrected chi connectivity index (χ1v) is 7.54. The van der Waals surface area contributed by atoms with Gasteiger partial charge >= 0.3 is 6.18 Å². The molecule has 0 saturated carbocycles. The van der Waals surface area contributed by atoms with Crippen LogP contribution in [0.2, 0.25) is 0 Å². The zero-order valence-corrected chi connectivity index (χ0v) is 13.1. The van der Waals surface area contributed by atoms with Gasteiger partial charge in [0, 0.05) is 16.8 Å². The Balaban J connectivity index is 2.15. The zero-order chi connectivity index (χ0) is 17.9. The molecule has 0 aromatic heterocycles. The van der Waals surface area contributed by atoms with E-state index in [0.29, 0.717) is 22.8 Å². The van der Waals surface area contributed by atoms with Gasteiger partial charge in [-0.1, -0.05) is 36.3 Å². The lowest BCUT2D eigenvalue weighted by atomic mass is 9.98. The highest BCUT2D eigenvalue weighted by Crippen LogP contribution is 2.33. The van der Waals surface area contributed by atoms with Crippen LogP contribution in [-0.2, 0) is 6.18 Å². The fourth-order valence-electron chi connectivity index (χ4n) is 2.53. The fraction of sp³-hybridized carbons (Fsp3) is 0.158. The number of halogens is 3. The molecule has 0 fully saturated rings. The van der Waals surface area contributed by atoms with Crippen molar-refractivity contribution in [2.45, 2.75) is 6.18 Å². The highest BCUT2D eigenvalue weighted by molar-refractivity contribution is 6.19. The molecule has 2 aromatic rings. The maximum atomic E-state index is 13.1. The third kappa shape index (κ3) is 3.72. The number of terminal acetylenes is 1. The molecule has 2 aromatic carbocycles. The molecule has 0 bridgehead atoms. The number of nitrogens with zero attached hydrogens (tertiary/aromatic N) is 2. The number of rotatable bonds is 2. The Bertz CT molecular complexity index is 875. The summed E-state index contributed by atoms with van der Waals surface area (Å²) in [5.41, 5.74) is 1.40. The molecular weight excluding hydrogens is 327 g/mol. The lowest BCUT2D eigenvalue weighted by Gasteiger charge is -2.14. The number of amidine groups is 1. The van der Waals surface area contributed by atoms with Crippen LogP contribution in [0.4, 0.5) is 18.9 Å². The minimum Gasteiger partial charge on any atom is -0.342 e. The number of anilines is 1. The van der Waals surface area contributed by atoms with E-state index in [1.807, 2.05) is 30.3 Å². The molecule has 0 radical (unpaired) electrons. The second-order valence-corrected chi connectivity index (χ2v) is 5.38. The third-order valence-electron chi connectivity index (χ3n) is 3.68. The summed E-state index contributed by atoms with van der Waals surface area (Å²) >= 11 is 0. The second kappa shape index (κ2) is 6.81. The number of aliphatic imine (C=N–C) groups is 2. The Morgan fingerprint density at radius 2 is 1.92 bits per heavy atom. The molecule has 0 amide bonds. The van der Waals surface area contributed by atoms with Crippen LogP contribution in [0.5, 0.6) is 0 Å². The average Bonchev–Trinajstić information content (AvgIpc) is 2.78. The average molecular weight is 341 g/mol. The summed E-state index contributed by atoms with van der Waals surface area (Å²) in [4.78, 5) is 8.68. The monoisotopic (exact) mass is 341 g/mol. The van der Waals surface area contributed by atoms with Gasteiger partial charge in [-0.2, -0.15) is 13.2 Å². The van der Waals surface area contributed by atoms with E-state index in [4.69, 9.17) is 6.42 Å². The molecule has 0 spiro atoms. The van der Waals surface area contributed by atoms with Crippen molar-refractivity contribution in [3.05, 3.63) is 65.2 Å². The molecule has 126 valence electrons. The fourth-order valence-corrected chi connectivity index (χ4v) is 2.53. The van der Waals surface area contributed by atoms with Crippen molar-refractivity contribution in [2.75, 3.05) is 18.4 Å². The summed E-state index contributed by atoms with van der Waals surface area (Å²) in [7, 11) is 0. The van der Waals surface area contributed by atoms with Crippen molar-refractivity contribution in [1.82, 2.24) is 0 Å². The van der Waals surface area contributed by atoms with Gasteiger partial charge in [0.15, 0.2) is 0 Å². The predicted octanol–water partition coefficient (Wildman–Crippen LogP) is 4.00. The topological polar surface area (TPSA) is 36.8 Å². The SMILES string of the molecule is C#CCN=C1CN=C(c2ccccc2)c2cc(C(F)(F)F)ccc2N1. The molecule has 0 saturated heterocycles. The van der Waals surface area contributed by atoms with Crippen molar-refractivity contribution < 1.29 is 13.2 Å². The smallest absolute Gasteiger partial charge is 0.342 e. The van der Waals surface area contributed by atoms with Crippen LogP contribution < -0.4 is 5.32 Å². The largest absolute Gasteiger partial charge is 0.416 e. The molecule has 0 unspecified atom stereocenters. The van der Waals surface area contributed by atoms with Crippen molar-refractivity contribution in [3.8, 4) is 12.3 Å². The highest BCUT2D eigenvalue weighted by Gasteiger charge is 2.32. The summed E-state index contributed by atoms with van der Waals surface area (Å²) in [5, 5.41) is 3.05. The molecule has 1 aliphatic rings. The van der Waals surface area contributed by atoms with E-state index in [0.717, 1.165) is 17.7 Å². The molecule has 0 aliphatic carbocycles. The first-order chi connectivity index (χ1) is 12.0. The highest BCUT2D eigenvalue weighted by atomic mass is 19.4. The van der Waals surface area contributed by atoms with Gasteiger partial charge in [-0.05, 0) is 18.2 Å². The third-order valence-corrected chi connectivity index (χ3v) is 3.68. The van der Waals surface area contributed by atoms with Gasteiger partial charge in [0.25, 0.3) is 0 Å². The van der Waals surface area contributed by atoms with Gasteiger partial charge < -0.3 is 5.32 Å². The van der Waals surface area contributed by atoms with Crippen LogP contribution in [0, 0.1) is 12.3 Å². The van der Waals surface area contributed by atoms with E-state index in [2.05, 4.69) is 21.2 Å². The number of hydrogen-bond donors (Lipinski definition) is 1. The van der Waals surface area contributed by atoms with Crippen molar-refractivity contribution in [3.63, 3.8) is 0 Å². The number of hydrogen-bond acceptors (Lipinski definition) is 2. The number of fused-ring (bicyclic) bond motifs is 1. The molecule has 6 heteroatoms. The van der Waals surface area contributed by atoms with Crippen LogP contribution >= 0.6 is 0 Å². The van der Waals surface area contributed by atoms with Crippen LogP contribution in [0.1, 0.15) is 16.7 Å². The molecule has 1 aliphatic heterocycles. The Morgan fingerprint density at radius 3 is 2.60 bits per heavy atom. The van der Waals surface area contributed by atoms with Gasteiger partial charge in [-0.15, -0.1) is 6.42 Å². The van der Waals surface area contributed by atoms with Crippen molar-refractivity contribution in [1.29, 1.82) is 0 Å². The Morgan fingerprint density at radius 1 is 1.16 bits per heavy atom. The predicted molar refractivity (Wildman–Crippen MR) is 93.1 cm³/mol. The van der Waals surface area contributed by atoms with Gasteiger partial charge in [-0.25, -0.2) is 0 Å². The minimum atomic E-state index is -4.43. The maximum absolute atomic E-state index is 13.1. The Kier molecular flexibility index (Phi) is 4.57. The van der Waals surface area contributed by atoms with Crippen LogP contribution in [0.25, 0.3) is 0 Å². The van der Waals surface area contributed by atoms with Crippen molar-refractivity contribution in [2.24, 2.45) is 9.98 Å². The normalized spacial score (nSPS) is 15.6. The Hall–Kier alpha value is -3.07. The molecular formula is C19H14F3N3. The molecule has 3 rings (SSSR count). The van der Waals surface area contributed by atoms with E-state index >= 15 is 0 Å². The summed E-state index contributed by atoms with van der Waals surface area (Å²) in [6.07, 6.45) is 0.793. The van der Waals surface area contributed by atoms with Crippen LogP contribution in [0.3, 0.4) is 0 Å². The van der Waals surface area contributed by atoms with Gasteiger partial charge in [0.2, 0.25) is 0 Å². The molecule has 0 atom stereocenters. The summed E-state index contributed by atoms with van der Waals surface area (Å²) < 4.78 is 39.4. The van der Waals surface area contributed by atoms with E-state index in [-0.39, 0.29) is 13.1 Å². The van der Waals surface area contributed by atoms with Gasteiger partial charge in [0.05, 0.1) is 17.8 Å². The lowest BCUT2D eigenvalue weighted by Crippen LogP contribution is -2.15. The quantitative estimate of drug-likeness (QED) is 0.824. The molecule has 1 heterocycles. The lowest BCUT2D eigenvalue weighted by molar-refractivity contribution is -0.137. The van der Waals surface area contributed by atoms with Crippen LogP contribution in [0.15, 0.2) is 58.5 Å². The number of benzodiazepines with no additional fused rings is 1. The molecule has 3 nitrogen and oxygen atoms in total. The molecule has 25 heavy (non-hydrogen) atoms. The number of benzene rings is 2. The Labute approximate surface area is 143 Å². The summed E-state index contributed by atoms with van der Waals surface area (Å²) in [5.74, 6) is 2.92. The summed E-state index contributed by atoms with van der Waals surface area (Å²) in [6.45, 7) is 0.385. The maximum Gasteiger partial charge on any atom is 0.416 e. The van der Waals surface area contributed by atoms with Crippen LogP contribution in [-0.4, -0.2) is 24.6 Å². The standard InChI is InChI=1S/C19H14F3N3/c1-2-10-23-17-12-24-18(13-6-4-3-5-7-13)15-11-14(19(20,21)22)8-9-16(15)25-17/h1,3-9,11H,10,12H2,(H,23,25). The van der Waals surface area contributed by atoms with Gasteiger partial charge in [0.1, 0.15) is 12.4 Å². The first-order valence-electron chi connectivity index (χ1n) is 7.54. The first kappa shape index (κ1) is 16.8. The van der Waals surface area contributed by atoms with E-state index in [1.54, 1.807) is 0 Å². The van der Waals surface area contributed by atoms with Crippen molar-refractivity contribution >= 4 is 17.2 Å². The van der Waals surface area contributed by atoms with E-state index < -0.39 is 11.7 Å². The number of alkyl halides is 3. The van der Waals surface area contributed by atoms with Gasteiger partial charge in [-0.3, -0.25) is 9.98 Å². The minimum absolute atomic E-state index is 0.175. The van der Waals surface area contributed by atoms with E-state index in [9.17, 15) is 13.2 Å².